The van der Waals surface area contributed by atoms with Crippen LogP contribution in [0.4, 0.5) is 0 Å². The summed E-state index contributed by atoms with van der Waals surface area (Å²) in [5.74, 6) is -0.0391. The topological polar surface area (TPSA) is 46.2 Å². The van der Waals surface area contributed by atoms with Gasteiger partial charge in [-0.2, -0.15) is 0 Å². The molecule has 13 heavy (non-hydrogen) atoms. The van der Waals surface area contributed by atoms with Gasteiger partial charge in [0.1, 0.15) is 0 Å². The van der Waals surface area contributed by atoms with Gasteiger partial charge in [0, 0.05) is 0 Å². The summed E-state index contributed by atoms with van der Waals surface area (Å²) in [4.78, 5) is 0. The minimum Gasteiger partial charge on any atom is -0.211 e. The first-order valence-electron chi connectivity index (χ1n) is 4.37. The van der Waals surface area contributed by atoms with Crippen molar-refractivity contribution in [3.63, 3.8) is 0 Å². The van der Waals surface area contributed by atoms with Crippen LogP contribution in [0.5, 0.6) is 0 Å². The van der Waals surface area contributed by atoms with Crippen LogP contribution in [-0.2, 0) is 10.0 Å². The summed E-state index contributed by atoms with van der Waals surface area (Å²) >= 11 is 4.98. The maximum atomic E-state index is 10.8. The molecule has 78 valence electrons. The van der Waals surface area contributed by atoms with Gasteiger partial charge >= 0.3 is 0 Å². The van der Waals surface area contributed by atoms with Gasteiger partial charge in [-0.15, -0.1) is 4.24 Å². The maximum Gasteiger partial charge on any atom is 0.228 e. The Morgan fingerprint density at radius 3 is 2.54 bits per heavy atom. The fraction of sp³-hybridized carbons (Fsp3) is 0.750. The van der Waals surface area contributed by atoms with Crippen LogP contribution < -0.4 is 4.24 Å². The van der Waals surface area contributed by atoms with Crippen LogP contribution in [-0.4, -0.2) is 14.2 Å². The molecule has 0 atom stereocenters. The van der Waals surface area contributed by atoms with E-state index in [0.29, 0.717) is 0 Å². The minimum absolute atomic E-state index is 0.0391. The molecule has 5 heteroatoms. The smallest absolute Gasteiger partial charge is 0.211 e. The molecule has 3 nitrogen and oxygen atoms in total. The zero-order valence-electron chi connectivity index (χ0n) is 7.79. The summed E-state index contributed by atoms with van der Waals surface area (Å²) in [6.45, 7) is 2.13. The van der Waals surface area contributed by atoms with Gasteiger partial charge in [-0.3, -0.25) is 0 Å². The van der Waals surface area contributed by atoms with E-state index in [2.05, 4.69) is 6.92 Å². The Morgan fingerprint density at radius 1 is 1.31 bits per heavy atom. The molecule has 0 saturated carbocycles. The third-order valence-corrected chi connectivity index (χ3v) is 3.15. The number of hydrogen-bond donors (Lipinski definition) is 1. The fourth-order valence-electron chi connectivity index (χ4n) is 0.856. The average molecular weight is 226 g/mol. The van der Waals surface area contributed by atoms with Crippen molar-refractivity contribution in [2.75, 3.05) is 5.75 Å². The molecule has 0 aliphatic rings. The van der Waals surface area contributed by atoms with Crippen molar-refractivity contribution in [3.8, 4) is 0 Å². The van der Waals surface area contributed by atoms with Crippen molar-refractivity contribution in [1.82, 2.24) is 4.24 Å². The van der Waals surface area contributed by atoms with Gasteiger partial charge in [0.15, 0.2) is 0 Å². The third-order valence-electron chi connectivity index (χ3n) is 1.57. The second kappa shape index (κ2) is 7.35. The average Bonchev–Trinajstić information content (AvgIpc) is 2.11. The van der Waals surface area contributed by atoms with Crippen LogP contribution in [0.25, 0.3) is 0 Å². The molecular formula is C8H16ClNO2S. The Labute approximate surface area is 85.3 Å². The molecule has 0 rings (SSSR count). The zero-order valence-corrected chi connectivity index (χ0v) is 9.37. The minimum atomic E-state index is -3.28. The number of halogens is 1. The molecule has 0 aliphatic heterocycles. The first-order valence-corrected chi connectivity index (χ1v) is 6.40. The van der Waals surface area contributed by atoms with E-state index in [4.69, 9.17) is 11.8 Å². The molecule has 0 radical (unpaired) electrons. The van der Waals surface area contributed by atoms with E-state index in [0.717, 1.165) is 12.8 Å². The highest BCUT2D eigenvalue weighted by Crippen LogP contribution is 1.99. The summed E-state index contributed by atoms with van der Waals surface area (Å²) < 4.78 is 23.3. The largest absolute Gasteiger partial charge is 0.228 e. The Bertz CT molecular complexity index is 237. The van der Waals surface area contributed by atoms with Gasteiger partial charge in [-0.1, -0.05) is 31.9 Å². The van der Waals surface area contributed by atoms with E-state index >= 15 is 0 Å². The molecule has 0 unspecified atom stereocenters. The highest BCUT2D eigenvalue weighted by Gasteiger charge is 2.02. The Balaban J connectivity index is 3.53. The summed E-state index contributed by atoms with van der Waals surface area (Å²) in [7, 11) is -3.28. The molecule has 0 heterocycles. The number of hydrogen-bond acceptors (Lipinski definition) is 2. The highest BCUT2D eigenvalue weighted by atomic mass is 35.5. The third kappa shape index (κ3) is 8.28. The molecule has 0 amide bonds. The SMILES string of the molecule is CCCCCC=CCS(=O)(=O)NCl. The first kappa shape index (κ1) is 12.9. The molecule has 0 fully saturated rings. The van der Waals surface area contributed by atoms with E-state index in [1.807, 2.05) is 6.08 Å². The van der Waals surface area contributed by atoms with Gasteiger partial charge < -0.3 is 0 Å². The van der Waals surface area contributed by atoms with Crippen molar-refractivity contribution in [2.24, 2.45) is 0 Å². The fourth-order valence-corrected chi connectivity index (χ4v) is 1.50. The molecule has 0 aromatic carbocycles. The molecule has 0 aromatic heterocycles. The van der Waals surface area contributed by atoms with Crippen molar-refractivity contribution in [3.05, 3.63) is 12.2 Å². The van der Waals surface area contributed by atoms with E-state index in [1.54, 1.807) is 10.3 Å². The molecular weight excluding hydrogens is 210 g/mol. The summed E-state index contributed by atoms with van der Waals surface area (Å²) in [6, 6.07) is 0. The van der Waals surface area contributed by atoms with Crippen LogP contribution in [0.1, 0.15) is 32.6 Å². The van der Waals surface area contributed by atoms with E-state index in [9.17, 15) is 8.42 Å². The van der Waals surface area contributed by atoms with Crippen molar-refractivity contribution >= 4 is 21.8 Å². The number of nitrogens with one attached hydrogen (secondary N) is 1. The monoisotopic (exact) mass is 225 g/mol. The molecule has 0 spiro atoms. The van der Waals surface area contributed by atoms with Crippen molar-refractivity contribution in [2.45, 2.75) is 32.6 Å². The Hall–Kier alpha value is -0.0600. The number of sulfonamides is 1. The summed E-state index contributed by atoms with van der Waals surface area (Å²) in [6.07, 6.45) is 7.91. The van der Waals surface area contributed by atoms with Crippen LogP contribution in [0.15, 0.2) is 12.2 Å². The van der Waals surface area contributed by atoms with E-state index in [-0.39, 0.29) is 5.75 Å². The lowest BCUT2D eigenvalue weighted by Crippen LogP contribution is -2.15. The quantitative estimate of drug-likeness (QED) is 0.410. The predicted octanol–water partition coefficient (Wildman–Crippen LogP) is 2.20. The predicted molar refractivity (Wildman–Crippen MR) is 56.1 cm³/mol. The van der Waals surface area contributed by atoms with Gasteiger partial charge in [0.05, 0.1) is 5.75 Å². The lowest BCUT2D eigenvalue weighted by atomic mass is 10.2. The van der Waals surface area contributed by atoms with Crippen molar-refractivity contribution in [1.29, 1.82) is 0 Å². The van der Waals surface area contributed by atoms with Crippen LogP contribution in [0.2, 0.25) is 0 Å². The second-order valence-electron chi connectivity index (χ2n) is 2.83. The van der Waals surface area contributed by atoms with Crippen LogP contribution in [0.3, 0.4) is 0 Å². The zero-order chi connectivity index (χ0) is 10.2. The molecule has 1 N–H and O–H groups in total. The first-order chi connectivity index (χ1) is 6.12. The lowest BCUT2D eigenvalue weighted by molar-refractivity contribution is 0.597. The van der Waals surface area contributed by atoms with Crippen LogP contribution >= 0.6 is 11.8 Å². The number of allylic oxidation sites excluding steroid dienone is 1. The van der Waals surface area contributed by atoms with Crippen molar-refractivity contribution < 1.29 is 8.42 Å². The standard InChI is InChI=1S/C8H16ClNO2S/c1-2-3-4-5-6-7-8-13(11,12)10-9/h6-7,10H,2-5,8H2,1H3. The normalized spacial score (nSPS) is 12.5. The molecule has 0 aromatic rings. The van der Waals surface area contributed by atoms with Gasteiger partial charge in [-0.05, 0) is 24.6 Å². The molecule has 0 saturated heterocycles. The Morgan fingerprint density at radius 2 is 2.00 bits per heavy atom. The van der Waals surface area contributed by atoms with Gasteiger partial charge in [0.25, 0.3) is 0 Å². The number of unbranched alkanes of at least 4 members (excludes halogenated alkanes) is 3. The second-order valence-corrected chi connectivity index (χ2v) is 5.01. The van der Waals surface area contributed by atoms with Crippen LogP contribution in [0, 0.1) is 0 Å². The Kier molecular flexibility index (Phi) is 7.32. The maximum absolute atomic E-state index is 10.8. The molecule has 0 bridgehead atoms. The summed E-state index contributed by atoms with van der Waals surface area (Å²) in [5, 5.41) is 0. The summed E-state index contributed by atoms with van der Waals surface area (Å²) in [5.41, 5.74) is 0. The lowest BCUT2D eigenvalue weighted by Gasteiger charge is -1.94. The van der Waals surface area contributed by atoms with Gasteiger partial charge in [0.2, 0.25) is 10.0 Å². The van der Waals surface area contributed by atoms with Gasteiger partial charge in [-0.25, -0.2) is 8.42 Å². The van der Waals surface area contributed by atoms with E-state index < -0.39 is 10.0 Å². The number of rotatable bonds is 7. The van der Waals surface area contributed by atoms with E-state index in [1.165, 1.54) is 12.8 Å². The highest BCUT2D eigenvalue weighted by molar-refractivity contribution is 7.90. The molecule has 0 aliphatic carbocycles.